The predicted molar refractivity (Wildman–Crippen MR) is 103 cm³/mol. The largest absolute Gasteiger partial charge is 0.483 e. The highest BCUT2D eigenvalue weighted by atomic mass is 16.5. The summed E-state index contributed by atoms with van der Waals surface area (Å²) in [5.74, 6) is 0.593. The van der Waals surface area contributed by atoms with Gasteiger partial charge in [-0.25, -0.2) is 0 Å². The van der Waals surface area contributed by atoms with Crippen molar-refractivity contribution in [3.8, 4) is 5.75 Å². The Hall–Kier alpha value is -2.37. The molecule has 0 spiro atoms. The molecule has 3 rings (SSSR count). The summed E-state index contributed by atoms with van der Waals surface area (Å²) in [6.07, 6.45) is 0. The second-order valence-corrected chi connectivity index (χ2v) is 6.69. The molecule has 1 aliphatic rings. The monoisotopic (exact) mass is 354 g/mol. The van der Waals surface area contributed by atoms with Crippen LogP contribution < -0.4 is 10.1 Å². The molecule has 2 aromatic rings. The number of benzene rings is 2. The number of anilines is 1. The number of hydrogen-bond donors (Lipinski definition) is 1. The van der Waals surface area contributed by atoms with E-state index in [4.69, 9.17) is 9.47 Å². The quantitative estimate of drug-likeness (QED) is 0.866. The third-order valence-corrected chi connectivity index (χ3v) is 4.42. The van der Waals surface area contributed by atoms with Crippen molar-refractivity contribution in [3.63, 3.8) is 0 Å². The topological polar surface area (TPSA) is 50.8 Å². The Balaban J connectivity index is 1.53. The summed E-state index contributed by atoms with van der Waals surface area (Å²) in [5, 5.41) is 2.92. The molecule has 1 heterocycles. The Labute approximate surface area is 154 Å². The van der Waals surface area contributed by atoms with E-state index in [9.17, 15) is 4.79 Å². The van der Waals surface area contributed by atoms with Gasteiger partial charge in [-0.1, -0.05) is 24.3 Å². The molecule has 0 aromatic heterocycles. The van der Waals surface area contributed by atoms with Crippen LogP contribution in [0.25, 0.3) is 0 Å². The molecule has 0 atom stereocenters. The Morgan fingerprint density at radius 2 is 1.96 bits per heavy atom. The number of rotatable bonds is 6. The van der Waals surface area contributed by atoms with E-state index in [1.807, 2.05) is 50.2 Å². The molecule has 0 bridgehead atoms. The summed E-state index contributed by atoms with van der Waals surface area (Å²) >= 11 is 0. The van der Waals surface area contributed by atoms with Crippen LogP contribution in [0.3, 0.4) is 0 Å². The molecular weight excluding hydrogens is 328 g/mol. The van der Waals surface area contributed by atoms with Gasteiger partial charge in [-0.05, 0) is 48.7 Å². The smallest absolute Gasteiger partial charge is 0.262 e. The number of morpholine rings is 1. The van der Waals surface area contributed by atoms with Crippen LogP contribution in [0.15, 0.2) is 42.5 Å². The van der Waals surface area contributed by atoms with E-state index in [1.54, 1.807) is 0 Å². The number of hydrogen-bond acceptors (Lipinski definition) is 4. The first-order valence-corrected chi connectivity index (χ1v) is 8.99. The van der Waals surface area contributed by atoms with Crippen LogP contribution in [0.5, 0.6) is 5.75 Å². The molecule has 0 unspecified atom stereocenters. The van der Waals surface area contributed by atoms with E-state index in [1.165, 1.54) is 5.56 Å². The highest BCUT2D eigenvalue weighted by Gasteiger charge is 2.11. The van der Waals surface area contributed by atoms with Gasteiger partial charge >= 0.3 is 0 Å². The van der Waals surface area contributed by atoms with Gasteiger partial charge in [0.05, 0.1) is 13.2 Å². The SMILES string of the molecule is Cc1ccc(C)c(OCC(=O)Nc2cccc(CN3CCOCC3)c2)c1. The third-order valence-electron chi connectivity index (χ3n) is 4.42. The van der Waals surface area contributed by atoms with Gasteiger partial charge in [0.15, 0.2) is 6.61 Å². The molecule has 1 N–H and O–H groups in total. The minimum Gasteiger partial charge on any atom is -0.483 e. The average Bonchev–Trinajstić information content (AvgIpc) is 2.64. The highest BCUT2D eigenvalue weighted by molar-refractivity contribution is 5.91. The minimum atomic E-state index is -0.158. The molecule has 1 amide bonds. The maximum Gasteiger partial charge on any atom is 0.262 e. The Morgan fingerprint density at radius 3 is 2.77 bits per heavy atom. The van der Waals surface area contributed by atoms with Gasteiger partial charge in [0, 0.05) is 25.3 Å². The summed E-state index contributed by atoms with van der Waals surface area (Å²) in [6.45, 7) is 8.30. The van der Waals surface area contributed by atoms with Crippen molar-refractivity contribution in [3.05, 3.63) is 59.2 Å². The summed E-state index contributed by atoms with van der Waals surface area (Å²) in [4.78, 5) is 14.6. The van der Waals surface area contributed by atoms with Crippen molar-refractivity contribution in [1.29, 1.82) is 0 Å². The van der Waals surface area contributed by atoms with Crippen molar-refractivity contribution in [2.24, 2.45) is 0 Å². The lowest BCUT2D eigenvalue weighted by molar-refractivity contribution is -0.118. The van der Waals surface area contributed by atoms with E-state index in [0.717, 1.165) is 55.4 Å². The van der Waals surface area contributed by atoms with E-state index in [2.05, 4.69) is 16.3 Å². The van der Waals surface area contributed by atoms with Crippen LogP contribution in [0, 0.1) is 13.8 Å². The molecule has 0 aliphatic carbocycles. The zero-order valence-electron chi connectivity index (χ0n) is 15.5. The fourth-order valence-corrected chi connectivity index (χ4v) is 2.97. The van der Waals surface area contributed by atoms with Crippen molar-refractivity contribution >= 4 is 11.6 Å². The lowest BCUT2D eigenvalue weighted by Gasteiger charge is -2.26. The van der Waals surface area contributed by atoms with Crippen LogP contribution in [0.1, 0.15) is 16.7 Å². The van der Waals surface area contributed by atoms with Gasteiger partial charge in [-0.2, -0.15) is 0 Å². The maximum absolute atomic E-state index is 12.2. The van der Waals surface area contributed by atoms with Gasteiger partial charge in [0.2, 0.25) is 0 Å². The number of carbonyl (C=O) groups excluding carboxylic acids is 1. The van der Waals surface area contributed by atoms with Crippen LogP contribution in [-0.2, 0) is 16.1 Å². The summed E-state index contributed by atoms with van der Waals surface area (Å²) in [7, 11) is 0. The van der Waals surface area contributed by atoms with Gasteiger partial charge in [0.25, 0.3) is 5.91 Å². The lowest BCUT2D eigenvalue weighted by Crippen LogP contribution is -2.35. The van der Waals surface area contributed by atoms with Gasteiger partial charge in [-0.15, -0.1) is 0 Å². The first kappa shape index (κ1) is 18.4. The molecule has 1 fully saturated rings. The molecule has 138 valence electrons. The summed E-state index contributed by atoms with van der Waals surface area (Å²) < 4.78 is 11.0. The number of amides is 1. The van der Waals surface area contributed by atoms with Gasteiger partial charge in [0.1, 0.15) is 5.75 Å². The predicted octanol–water partition coefficient (Wildman–Crippen LogP) is 3.15. The molecule has 0 saturated carbocycles. The van der Waals surface area contributed by atoms with E-state index >= 15 is 0 Å². The molecule has 0 radical (unpaired) electrons. The first-order valence-electron chi connectivity index (χ1n) is 8.99. The number of carbonyl (C=O) groups is 1. The fourth-order valence-electron chi connectivity index (χ4n) is 2.97. The maximum atomic E-state index is 12.2. The van der Waals surface area contributed by atoms with Crippen molar-refractivity contribution < 1.29 is 14.3 Å². The standard InChI is InChI=1S/C21H26N2O3/c1-16-6-7-17(2)20(12-16)26-15-21(24)22-19-5-3-4-18(13-19)14-23-8-10-25-11-9-23/h3-7,12-13H,8-11,14-15H2,1-2H3,(H,22,24). The van der Waals surface area contributed by atoms with Crippen LogP contribution in [0.4, 0.5) is 5.69 Å². The Kier molecular flexibility index (Phi) is 6.26. The number of nitrogens with one attached hydrogen (secondary N) is 1. The number of aryl methyl sites for hydroxylation is 2. The first-order chi connectivity index (χ1) is 12.6. The summed E-state index contributed by atoms with van der Waals surface area (Å²) in [6, 6.07) is 13.9. The molecule has 26 heavy (non-hydrogen) atoms. The van der Waals surface area contributed by atoms with Crippen molar-refractivity contribution in [2.75, 3.05) is 38.2 Å². The van der Waals surface area contributed by atoms with Gasteiger partial charge < -0.3 is 14.8 Å². The van der Waals surface area contributed by atoms with E-state index in [0.29, 0.717) is 0 Å². The Morgan fingerprint density at radius 1 is 1.15 bits per heavy atom. The third kappa shape index (κ3) is 5.31. The number of ether oxygens (including phenoxy) is 2. The minimum absolute atomic E-state index is 0.00200. The van der Waals surface area contributed by atoms with Gasteiger partial charge in [-0.3, -0.25) is 9.69 Å². The van der Waals surface area contributed by atoms with Crippen molar-refractivity contribution in [2.45, 2.75) is 20.4 Å². The van der Waals surface area contributed by atoms with Crippen LogP contribution >= 0.6 is 0 Å². The normalized spacial score (nSPS) is 14.8. The van der Waals surface area contributed by atoms with E-state index < -0.39 is 0 Å². The highest BCUT2D eigenvalue weighted by Crippen LogP contribution is 2.19. The average molecular weight is 354 g/mol. The van der Waals surface area contributed by atoms with Crippen molar-refractivity contribution in [1.82, 2.24) is 4.90 Å². The Bertz CT molecular complexity index is 755. The zero-order valence-corrected chi connectivity index (χ0v) is 15.5. The van der Waals surface area contributed by atoms with E-state index in [-0.39, 0.29) is 12.5 Å². The second kappa shape index (κ2) is 8.83. The zero-order chi connectivity index (χ0) is 18.4. The fraction of sp³-hybridized carbons (Fsp3) is 0.381. The molecule has 5 nitrogen and oxygen atoms in total. The molecule has 1 aliphatic heterocycles. The second-order valence-electron chi connectivity index (χ2n) is 6.69. The molecular formula is C21H26N2O3. The molecule has 2 aromatic carbocycles. The molecule has 5 heteroatoms. The van der Waals surface area contributed by atoms with Crippen LogP contribution in [-0.4, -0.2) is 43.7 Å². The number of nitrogens with zero attached hydrogens (tertiary/aromatic N) is 1. The molecule has 1 saturated heterocycles. The lowest BCUT2D eigenvalue weighted by atomic mass is 10.1. The summed E-state index contributed by atoms with van der Waals surface area (Å²) in [5.41, 5.74) is 4.11. The van der Waals surface area contributed by atoms with Crippen LogP contribution in [0.2, 0.25) is 0 Å².